The summed E-state index contributed by atoms with van der Waals surface area (Å²) in [5.74, 6) is -1.91. The monoisotopic (exact) mass is 150 g/mol. The quantitative estimate of drug-likeness (QED) is 0.608. The zero-order chi connectivity index (χ0) is 7.72. The van der Waals surface area contributed by atoms with Gasteiger partial charge in [-0.05, 0) is 12.8 Å². The normalized spacial score (nSPS) is 34.6. The third-order valence-electron chi connectivity index (χ3n) is 1.76. The zero-order valence-electron chi connectivity index (χ0n) is 5.26. The summed E-state index contributed by atoms with van der Waals surface area (Å²) in [7, 11) is 0. The Kier molecular flexibility index (Phi) is 1.87. The topological polar surface area (TPSA) is 37.3 Å². The van der Waals surface area contributed by atoms with Gasteiger partial charge in [-0.1, -0.05) is 0 Å². The molecule has 1 saturated carbocycles. The van der Waals surface area contributed by atoms with Gasteiger partial charge in [0, 0.05) is 0 Å². The fourth-order valence-corrected chi connectivity index (χ4v) is 1.14. The predicted molar refractivity (Wildman–Crippen MR) is 30.2 cm³/mol. The lowest BCUT2D eigenvalue weighted by Gasteiger charge is -1.97. The predicted octanol–water partition coefficient (Wildman–Crippen LogP) is 1.16. The summed E-state index contributed by atoms with van der Waals surface area (Å²) >= 11 is 0. The Morgan fingerprint density at radius 2 is 1.70 bits per heavy atom. The molecule has 0 bridgehead atoms. The highest BCUT2D eigenvalue weighted by Crippen LogP contribution is 2.30. The van der Waals surface area contributed by atoms with Crippen LogP contribution in [0.3, 0.4) is 0 Å². The molecule has 2 atom stereocenters. The number of aliphatic carboxylic acids is 1. The Morgan fingerprint density at radius 1 is 1.30 bits per heavy atom. The van der Waals surface area contributed by atoms with Crippen molar-refractivity contribution in [3.8, 4) is 0 Å². The summed E-state index contributed by atoms with van der Waals surface area (Å²) in [4.78, 5) is 10.2. The van der Waals surface area contributed by atoms with E-state index in [1.165, 1.54) is 0 Å². The van der Waals surface area contributed by atoms with Gasteiger partial charge < -0.3 is 5.11 Å². The number of carboxylic acid groups (broad SMARTS) is 1. The van der Waals surface area contributed by atoms with Crippen molar-refractivity contribution in [3.05, 3.63) is 0 Å². The first-order valence-corrected chi connectivity index (χ1v) is 3.12. The Balaban J connectivity index is 2.49. The van der Waals surface area contributed by atoms with E-state index in [1.54, 1.807) is 0 Å². The van der Waals surface area contributed by atoms with E-state index in [0.717, 1.165) is 0 Å². The van der Waals surface area contributed by atoms with Gasteiger partial charge in [0.1, 0.15) is 12.3 Å². The molecule has 10 heavy (non-hydrogen) atoms. The molecule has 0 heterocycles. The fourth-order valence-electron chi connectivity index (χ4n) is 1.14. The van der Waals surface area contributed by atoms with Gasteiger partial charge in [-0.25, -0.2) is 8.78 Å². The summed E-state index contributed by atoms with van der Waals surface area (Å²) in [6.07, 6.45) is -3.48. The van der Waals surface area contributed by atoms with Crippen LogP contribution in [0, 0.1) is 5.92 Å². The number of carboxylic acids is 1. The van der Waals surface area contributed by atoms with Crippen LogP contribution in [0.25, 0.3) is 0 Å². The molecule has 0 spiro atoms. The van der Waals surface area contributed by atoms with Gasteiger partial charge in [0.25, 0.3) is 0 Å². The zero-order valence-corrected chi connectivity index (χ0v) is 5.26. The van der Waals surface area contributed by atoms with Crippen LogP contribution < -0.4 is 0 Å². The van der Waals surface area contributed by atoms with Crippen molar-refractivity contribution < 1.29 is 18.7 Å². The van der Waals surface area contributed by atoms with Gasteiger partial charge in [-0.15, -0.1) is 0 Å². The minimum absolute atomic E-state index is 0.170. The maximum Gasteiger partial charge on any atom is 0.306 e. The number of carbonyl (C=O) groups is 1. The molecule has 4 heteroatoms. The van der Waals surface area contributed by atoms with E-state index in [1.807, 2.05) is 0 Å². The van der Waals surface area contributed by atoms with E-state index < -0.39 is 24.2 Å². The molecule has 1 aliphatic carbocycles. The molecule has 1 N–H and O–H groups in total. The molecule has 0 unspecified atom stereocenters. The molecular weight excluding hydrogens is 142 g/mol. The Bertz CT molecular complexity index is 139. The average molecular weight is 150 g/mol. The highest BCUT2D eigenvalue weighted by molar-refractivity contribution is 5.70. The molecule has 58 valence electrons. The smallest absolute Gasteiger partial charge is 0.306 e. The third kappa shape index (κ3) is 1.25. The number of hydrogen-bond acceptors (Lipinski definition) is 1. The van der Waals surface area contributed by atoms with Crippen molar-refractivity contribution in [1.29, 1.82) is 0 Å². The molecule has 0 aromatic heterocycles. The Hall–Kier alpha value is -0.670. The molecule has 2 nitrogen and oxygen atoms in total. The maximum absolute atomic E-state index is 12.3. The molecule has 0 aliphatic heterocycles. The van der Waals surface area contributed by atoms with Crippen molar-refractivity contribution in [2.75, 3.05) is 0 Å². The van der Waals surface area contributed by atoms with Crippen LogP contribution in [0.2, 0.25) is 0 Å². The Morgan fingerprint density at radius 3 is 1.90 bits per heavy atom. The van der Waals surface area contributed by atoms with Crippen LogP contribution >= 0.6 is 0 Å². The fraction of sp³-hybridized carbons (Fsp3) is 0.833. The largest absolute Gasteiger partial charge is 0.481 e. The van der Waals surface area contributed by atoms with Crippen LogP contribution in [-0.4, -0.2) is 23.4 Å². The SMILES string of the molecule is O=C(O)C1C[C@@H](F)[C@H](F)C1. The van der Waals surface area contributed by atoms with E-state index in [0.29, 0.717) is 0 Å². The number of halogens is 2. The number of alkyl halides is 2. The number of hydrogen-bond donors (Lipinski definition) is 1. The lowest BCUT2D eigenvalue weighted by Crippen LogP contribution is -2.09. The van der Waals surface area contributed by atoms with Crippen molar-refractivity contribution >= 4 is 5.97 Å². The summed E-state index contributed by atoms with van der Waals surface area (Å²) in [5, 5.41) is 8.32. The van der Waals surface area contributed by atoms with E-state index in [-0.39, 0.29) is 12.8 Å². The summed E-state index contributed by atoms with van der Waals surface area (Å²) in [6.45, 7) is 0. The molecule has 0 saturated heterocycles. The third-order valence-corrected chi connectivity index (χ3v) is 1.76. The highest BCUT2D eigenvalue weighted by atomic mass is 19.2. The van der Waals surface area contributed by atoms with Gasteiger partial charge in [-0.3, -0.25) is 4.79 Å². The first-order valence-electron chi connectivity index (χ1n) is 3.12. The van der Waals surface area contributed by atoms with Gasteiger partial charge in [-0.2, -0.15) is 0 Å². The van der Waals surface area contributed by atoms with E-state index in [2.05, 4.69) is 0 Å². The lowest BCUT2D eigenvalue weighted by molar-refractivity contribution is -0.141. The van der Waals surface area contributed by atoms with Crippen LogP contribution in [0.4, 0.5) is 8.78 Å². The Labute approximate surface area is 56.8 Å². The summed E-state index contributed by atoms with van der Waals surface area (Å²) in [5.41, 5.74) is 0. The van der Waals surface area contributed by atoms with Crippen LogP contribution in [0.1, 0.15) is 12.8 Å². The number of rotatable bonds is 1. The van der Waals surface area contributed by atoms with Gasteiger partial charge in [0.05, 0.1) is 5.92 Å². The second kappa shape index (κ2) is 2.52. The first-order chi connectivity index (χ1) is 4.61. The molecule has 1 fully saturated rings. The summed E-state index contributed by atoms with van der Waals surface area (Å²) < 4.78 is 24.6. The van der Waals surface area contributed by atoms with Gasteiger partial charge in [0.15, 0.2) is 0 Å². The van der Waals surface area contributed by atoms with E-state index in [4.69, 9.17) is 5.11 Å². The van der Waals surface area contributed by atoms with Crippen molar-refractivity contribution in [2.24, 2.45) is 5.92 Å². The minimum atomic E-state index is -1.57. The van der Waals surface area contributed by atoms with Crippen LogP contribution in [0.15, 0.2) is 0 Å². The maximum atomic E-state index is 12.3. The molecule has 1 aliphatic rings. The van der Waals surface area contributed by atoms with Gasteiger partial charge >= 0.3 is 5.97 Å². The van der Waals surface area contributed by atoms with Crippen molar-refractivity contribution in [3.63, 3.8) is 0 Å². The molecule has 0 aromatic rings. The van der Waals surface area contributed by atoms with Crippen LogP contribution in [0.5, 0.6) is 0 Å². The molecular formula is C6H8F2O2. The molecule has 0 aromatic carbocycles. The molecule has 0 radical (unpaired) electrons. The van der Waals surface area contributed by atoms with E-state index >= 15 is 0 Å². The standard InChI is InChI=1S/C6H8F2O2/c7-4-1-3(6(9)10)2-5(4)8/h3-5H,1-2H2,(H,9,10)/t4-,5-/m1/s1. The second-order valence-corrected chi connectivity index (χ2v) is 2.54. The lowest BCUT2D eigenvalue weighted by atomic mass is 10.1. The molecule has 1 rings (SSSR count). The van der Waals surface area contributed by atoms with Crippen LogP contribution in [-0.2, 0) is 4.79 Å². The average Bonchev–Trinajstić information content (AvgIpc) is 2.13. The highest BCUT2D eigenvalue weighted by Gasteiger charge is 2.38. The summed E-state index contributed by atoms with van der Waals surface area (Å²) in [6, 6.07) is 0. The van der Waals surface area contributed by atoms with Crippen molar-refractivity contribution in [2.45, 2.75) is 25.2 Å². The van der Waals surface area contributed by atoms with E-state index in [9.17, 15) is 13.6 Å². The van der Waals surface area contributed by atoms with Crippen molar-refractivity contribution in [1.82, 2.24) is 0 Å². The first kappa shape index (κ1) is 7.44. The molecule has 0 amide bonds. The van der Waals surface area contributed by atoms with Gasteiger partial charge in [0.2, 0.25) is 0 Å². The minimum Gasteiger partial charge on any atom is -0.481 e. The second-order valence-electron chi connectivity index (χ2n) is 2.54.